The van der Waals surface area contributed by atoms with Gasteiger partial charge in [-0.1, -0.05) is 13.8 Å². The Morgan fingerprint density at radius 2 is 2.12 bits per heavy atom. The number of alkyl halides is 1. The molecule has 0 spiro atoms. The zero-order valence-corrected chi connectivity index (χ0v) is 4.89. The first-order valence-corrected chi connectivity index (χ1v) is 2.39. The summed E-state index contributed by atoms with van der Waals surface area (Å²) in [7, 11) is 0. The zero-order chi connectivity index (χ0) is 6.57. The fourth-order valence-electron chi connectivity index (χ4n) is 0.199. The summed E-state index contributed by atoms with van der Waals surface area (Å²) >= 11 is 0. The minimum atomic E-state index is -1.38. The molecule has 0 aromatic heterocycles. The smallest absolute Gasteiger partial charge is 0.221 e. The van der Waals surface area contributed by atoms with E-state index in [-0.39, 0.29) is 5.92 Å². The lowest BCUT2D eigenvalue weighted by Gasteiger charge is -2.00. The van der Waals surface area contributed by atoms with E-state index in [9.17, 15) is 9.18 Å². The summed E-state index contributed by atoms with van der Waals surface area (Å²) in [5.41, 5.74) is 0. The predicted molar refractivity (Wildman–Crippen MR) is 27.9 cm³/mol. The van der Waals surface area contributed by atoms with Gasteiger partial charge in [-0.05, 0) is 0 Å². The van der Waals surface area contributed by atoms with Gasteiger partial charge in [-0.2, -0.15) is 4.99 Å². The molecule has 0 aliphatic rings. The standard InChI is InChI=1S/C5H8FNO/c1-4(2)5(6)7-3-8/h4-5H,1-2H3. The highest BCUT2D eigenvalue weighted by atomic mass is 19.1. The van der Waals surface area contributed by atoms with Crippen LogP contribution >= 0.6 is 0 Å². The molecular formula is C5H8FNO. The van der Waals surface area contributed by atoms with Crippen LogP contribution in [0.3, 0.4) is 0 Å². The molecule has 0 amide bonds. The molecule has 0 saturated heterocycles. The molecule has 0 bridgehead atoms. The van der Waals surface area contributed by atoms with Gasteiger partial charge in [-0.25, -0.2) is 9.18 Å². The minimum absolute atomic E-state index is 0.226. The molecule has 46 valence electrons. The summed E-state index contributed by atoms with van der Waals surface area (Å²) in [5, 5.41) is 0. The van der Waals surface area contributed by atoms with Gasteiger partial charge >= 0.3 is 0 Å². The Labute approximate surface area is 47.4 Å². The van der Waals surface area contributed by atoms with Crippen LogP contribution in [0.25, 0.3) is 0 Å². The molecule has 8 heavy (non-hydrogen) atoms. The molecule has 0 aromatic carbocycles. The van der Waals surface area contributed by atoms with Crippen LogP contribution in [0.15, 0.2) is 4.99 Å². The van der Waals surface area contributed by atoms with E-state index in [0.29, 0.717) is 0 Å². The Bertz CT molecular complexity index is 107. The van der Waals surface area contributed by atoms with E-state index in [2.05, 4.69) is 4.99 Å². The first kappa shape index (κ1) is 7.31. The molecule has 0 saturated carbocycles. The molecule has 0 N–H and O–H groups in total. The monoisotopic (exact) mass is 117 g/mol. The van der Waals surface area contributed by atoms with Crippen LogP contribution in [0.1, 0.15) is 13.8 Å². The van der Waals surface area contributed by atoms with Gasteiger partial charge in [0.1, 0.15) is 0 Å². The molecule has 0 fully saturated rings. The Morgan fingerprint density at radius 3 is 2.25 bits per heavy atom. The molecule has 0 aliphatic heterocycles. The van der Waals surface area contributed by atoms with Crippen LogP contribution in [0.2, 0.25) is 0 Å². The molecule has 2 nitrogen and oxygen atoms in total. The topological polar surface area (TPSA) is 29.4 Å². The van der Waals surface area contributed by atoms with E-state index >= 15 is 0 Å². The second-order valence-corrected chi connectivity index (χ2v) is 1.84. The third kappa shape index (κ3) is 2.48. The van der Waals surface area contributed by atoms with Crippen molar-refractivity contribution in [3.8, 4) is 0 Å². The van der Waals surface area contributed by atoms with E-state index in [1.807, 2.05) is 0 Å². The molecule has 1 unspecified atom stereocenters. The second-order valence-electron chi connectivity index (χ2n) is 1.84. The summed E-state index contributed by atoms with van der Waals surface area (Å²) in [4.78, 5) is 12.2. The van der Waals surface area contributed by atoms with Gasteiger partial charge in [0, 0.05) is 5.92 Å². The summed E-state index contributed by atoms with van der Waals surface area (Å²) in [6.45, 7) is 3.29. The average molecular weight is 117 g/mol. The molecular weight excluding hydrogens is 109 g/mol. The Balaban J connectivity index is 3.63. The van der Waals surface area contributed by atoms with Gasteiger partial charge in [-0.15, -0.1) is 0 Å². The molecule has 0 heterocycles. The van der Waals surface area contributed by atoms with Crippen LogP contribution < -0.4 is 0 Å². The highest BCUT2D eigenvalue weighted by molar-refractivity contribution is 5.33. The van der Waals surface area contributed by atoms with Gasteiger partial charge < -0.3 is 0 Å². The number of isocyanates is 1. The summed E-state index contributed by atoms with van der Waals surface area (Å²) in [6, 6.07) is 0. The van der Waals surface area contributed by atoms with E-state index < -0.39 is 6.30 Å². The third-order valence-corrected chi connectivity index (χ3v) is 0.726. The van der Waals surface area contributed by atoms with Crippen LogP contribution in [0, 0.1) is 5.92 Å². The van der Waals surface area contributed by atoms with Crippen LogP contribution in [-0.4, -0.2) is 12.4 Å². The Hall–Kier alpha value is -0.690. The fraction of sp³-hybridized carbons (Fsp3) is 0.800. The highest BCUT2D eigenvalue weighted by Crippen LogP contribution is 2.04. The largest absolute Gasteiger partial charge is 0.237 e. The predicted octanol–water partition coefficient (Wildman–Crippen LogP) is 1.27. The summed E-state index contributed by atoms with van der Waals surface area (Å²) in [5.74, 6) is -0.226. The maximum atomic E-state index is 12.1. The molecule has 1 atom stereocenters. The number of nitrogens with zero attached hydrogens (tertiary/aromatic N) is 1. The quantitative estimate of drug-likeness (QED) is 0.304. The lowest BCUT2D eigenvalue weighted by Crippen LogP contribution is -2.04. The van der Waals surface area contributed by atoms with Crippen LogP contribution in [0.4, 0.5) is 4.39 Å². The normalized spacial score (nSPS) is 13.0. The lowest BCUT2D eigenvalue weighted by molar-refractivity contribution is 0.266. The number of halogens is 1. The van der Waals surface area contributed by atoms with Crippen molar-refractivity contribution in [3.05, 3.63) is 0 Å². The Kier molecular flexibility index (Phi) is 3.04. The number of rotatable bonds is 2. The molecule has 0 radical (unpaired) electrons. The second kappa shape index (κ2) is 3.33. The van der Waals surface area contributed by atoms with Crippen molar-refractivity contribution in [1.82, 2.24) is 0 Å². The summed E-state index contributed by atoms with van der Waals surface area (Å²) in [6.07, 6.45) is -0.233. The molecule has 0 aliphatic carbocycles. The highest BCUT2D eigenvalue weighted by Gasteiger charge is 2.06. The van der Waals surface area contributed by atoms with Crippen molar-refractivity contribution in [2.45, 2.75) is 20.1 Å². The number of hydrogen-bond donors (Lipinski definition) is 0. The van der Waals surface area contributed by atoms with Crippen LogP contribution in [0.5, 0.6) is 0 Å². The molecule has 0 aromatic rings. The van der Waals surface area contributed by atoms with Gasteiger partial charge in [0.05, 0.1) is 0 Å². The van der Waals surface area contributed by atoms with E-state index in [4.69, 9.17) is 0 Å². The first-order valence-electron chi connectivity index (χ1n) is 2.39. The number of hydrogen-bond acceptors (Lipinski definition) is 2. The van der Waals surface area contributed by atoms with Gasteiger partial charge in [0.25, 0.3) is 0 Å². The third-order valence-electron chi connectivity index (χ3n) is 0.726. The Morgan fingerprint density at radius 1 is 1.62 bits per heavy atom. The van der Waals surface area contributed by atoms with Crippen molar-refractivity contribution in [2.24, 2.45) is 10.9 Å². The number of carbonyl (C=O) groups excluding carboxylic acids is 1. The maximum absolute atomic E-state index is 12.1. The SMILES string of the molecule is CC(C)C(F)N=C=O. The molecule has 3 heteroatoms. The van der Waals surface area contributed by atoms with Gasteiger partial charge in [-0.3, -0.25) is 0 Å². The lowest BCUT2D eigenvalue weighted by atomic mass is 10.2. The fourth-order valence-corrected chi connectivity index (χ4v) is 0.199. The van der Waals surface area contributed by atoms with Crippen molar-refractivity contribution in [3.63, 3.8) is 0 Å². The van der Waals surface area contributed by atoms with E-state index in [0.717, 1.165) is 6.08 Å². The summed E-state index contributed by atoms with van der Waals surface area (Å²) < 4.78 is 12.1. The van der Waals surface area contributed by atoms with E-state index in [1.165, 1.54) is 0 Å². The zero-order valence-electron chi connectivity index (χ0n) is 4.89. The van der Waals surface area contributed by atoms with Gasteiger partial charge in [0.2, 0.25) is 12.4 Å². The van der Waals surface area contributed by atoms with Crippen LogP contribution in [-0.2, 0) is 4.79 Å². The van der Waals surface area contributed by atoms with Gasteiger partial charge in [0.15, 0.2) is 0 Å². The number of aliphatic imine (C=N–C) groups is 1. The minimum Gasteiger partial charge on any atom is -0.221 e. The van der Waals surface area contributed by atoms with Crippen molar-refractivity contribution >= 4 is 6.08 Å². The van der Waals surface area contributed by atoms with Crippen molar-refractivity contribution in [1.29, 1.82) is 0 Å². The maximum Gasteiger partial charge on any atom is 0.237 e. The average Bonchev–Trinajstić information content (AvgIpc) is 1.67. The van der Waals surface area contributed by atoms with Crippen molar-refractivity contribution < 1.29 is 9.18 Å². The first-order chi connectivity index (χ1) is 3.68. The van der Waals surface area contributed by atoms with Crippen molar-refractivity contribution in [2.75, 3.05) is 0 Å². The van der Waals surface area contributed by atoms with E-state index in [1.54, 1.807) is 13.8 Å². The molecule has 0 rings (SSSR count).